The van der Waals surface area contributed by atoms with E-state index < -0.39 is 0 Å². The van der Waals surface area contributed by atoms with Crippen LogP contribution in [-0.4, -0.2) is 37.3 Å². The van der Waals surface area contributed by atoms with Gasteiger partial charge in [-0.25, -0.2) is 9.37 Å². The smallest absolute Gasteiger partial charge is 0.141 e. The van der Waals surface area contributed by atoms with Crippen molar-refractivity contribution in [2.45, 2.75) is 25.4 Å². The van der Waals surface area contributed by atoms with Gasteiger partial charge in [0, 0.05) is 31.2 Å². The molecular weight excluding hydrogens is 233 g/mol. The van der Waals surface area contributed by atoms with Crippen molar-refractivity contribution in [3.8, 4) is 0 Å². The Labute approximate surface area is 106 Å². The number of rotatable bonds is 4. The molecular formula is C13H18FN3O. The maximum atomic E-state index is 13.3. The van der Waals surface area contributed by atoms with E-state index in [1.807, 2.05) is 0 Å². The Bertz CT molecular complexity index is 417. The zero-order chi connectivity index (χ0) is 12.4. The quantitative estimate of drug-likeness (QED) is 0.875. The Morgan fingerprint density at radius 2 is 2.17 bits per heavy atom. The summed E-state index contributed by atoms with van der Waals surface area (Å²) in [5.74, 6) is 0.632. The minimum absolute atomic E-state index is 0.264. The highest BCUT2D eigenvalue weighted by atomic mass is 19.1. The largest absolute Gasteiger partial charge is 0.378 e. The molecule has 0 spiro atoms. The van der Waals surface area contributed by atoms with Crippen molar-refractivity contribution in [3.05, 3.63) is 23.6 Å². The van der Waals surface area contributed by atoms with Gasteiger partial charge in [-0.2, -0.15) is 0 Å². The van der Waals surface area contributed by atoms with Crippen LogP contribution >= 0.6 is 0 Å². The first-order valence-electron chi connectivity index (χ1n) is 6.53. The Morgan fingerprint density at radius 1 is 1.39 bits per heavy atom. The number of hydrogen-bond donors (Lipinski definition) is 1. The molecule has 2 fully saturated rings. The third kappa shape index (κ3) is 2.79. The van der Waals surface area contributed by atoms with Gasteiger partial charge in [0.1, 0.15) is 11.6 Å². The van der Waals surface area contributed by atoms with Gasteiger partial charge >= 0.3 is 0 Å². The number of pyridine rings is 1. The van der Waals surface area contributed by atoms with E-state index in [2.05, 4.69) is 15.2 Å². The van der Waals surface area contributed by atoms with Crippen molar-refractivity contribution < 1.29 is 9.13 Å². The second kappa shape index (κ2) is 5.20. The second-order valence-corrected chi connectivity index (χ2v) is 4.89. The summed E-state index contributed by atoms with van der Waals surface area (Å²) in [4.78, 5) is 6.43. The fourth-order valence-corrected chi connectivity index (χ4v) is 2.21. The molecule has 0 radical (unpaired) electrons. The zero-order valence-corrected chi connectivity index (χ0v) is 10.4. The van der Waals surface area contributed by atoms with Crippen LogP contribution in [0.5, 0.6) is 0 Å². The van der Waals surface area contributed by atoms with Gasteiger partial charge < -0.3 is 15.0 Å². The van der Waals surface area contributed by atoms with Crippen LogP contribution in [-0.2, 0) is 11.3 Å². The number of morpholine rings is 1. The third-order valence-electron chi connectivity index (χ3n) is 3.38. The standard InChI is InChI=1S/C13H18FN3O/c14-11-7-10(8-15-12-1-2-12)13(16-9-11)17-3-5-18-6-4-17/h7,9,12,15H,1-6,8H2. The number of hydrogen-bond acceptors (Lipinski definition) is 4. The van der Waals surface area contributed by atoms with Crippen molar-refractivity contribution in [1.82, 2.24) is 10.3 Å². The molecule has 1 aliphatic carbocycles. The maximum Gasteiger partial charge on any atom is 0.141 e. The van der Waals surface area contributed by atoms with E-state index in [-0.39, 0.29) is 5.82 Å². The highest BCUT2D eigenvalue weighted by Gasteiger charge is 2.22. The summed E-state index contributed by atoms with van der Waals surface area (Å²) >= 11 is 0. The molecule has 1 aliphatic heterocycles. The first-order chi connectivity index (χ1) is 8.83. The summed E-state index contributed by atoms with van der Waals surface area (Å²) in [5, 5.41) is 3.42. The molecule has 1 aromatic heterocycles. The van der Waals surface area contributed by atoms with Crippen LogP contribution in [0.3, 0.4) is 0 Å². The summed E-state index contributed by atoms with van der Waals surface area (Å²) in [6.07, 6.45) is 3.76. The minimum atomic E-state index is -0.264. The van der Waals surface area contributed by atoms with E-state index in [4.69, 9.17) is 4.74 Å². The fraction of sp³-hybridized carbons (Fsp3) is 0.615. The van der Waals surface area contributed by atoms with Crippen molar-refractivity contribution in [1.29, 1.82) is 0 Å². The first-order valence-corrected chi connectivity index (χ1v) is 6.53. The molecule has 0 amide bonds. The van der Waals surface area contributed by atoms with Crippen LogP contribution < -0.4 is 10.2 Å². The highest BCUT2D eigenvalue weighted by Crippen LogP contribution is 2.23. The molecule has 98 valence electrons. The lowest BCUT2D eigenvalue weighted by Gasteiger charge is -2.29. The van der Waals surface area contributed by atoms with E-state index in [1.165, 1.54) is 19.0 Å². The molecule has 0 unspecified atom stereocenters. The average molecular weight is 251 g/mol. The van der Waals surface area contributed by atoms with Gasteiger partial charge in [-0.15, -0.1) is 0 Å². The molecule has 1 saturated heterocycles. The number of aromatic nitrogens is 1. The van der Waals surface area contributed by atoms with E-state index in [9.17, 15) is 4.39 Å². The second-order valence-electron chi connectivity index (χ2n) is 4.89. The zero-order valence-electron chi connectivity index (χ0n) is 10.4. The highest BCUT2D eigenvalue weighted by molar-refractivity contribution is 5.47. The van der Waals surface area contributed by atoms with E-state index in [0.29, 0.717) is 25.8 Å². The maximum absolute atomic E-state index is 13.3. The van der Waals surface area contributed by atoms with Gasteiger partial charge in [-0.3, -0.25) is 0 Å². The van der Waals surface area contributed by atoms with E-state index in [0.717, 1.165) is 24.5 Å². The Balaban J connectivity index is 1.76. The van der Waals surface area contributed by atoms with E-state index >= 15 is 0 Å². The van der Waals surface area contributed by atoms with E-state index in [1.54, 1.807) is 6.07 Å². The molecule has 0 atom stereocenters. The molecule has 5 heteroatoms. The topological polar surface area (TPSA) is 37.4 Å². The van der Waals surface area contributed by atoms with Gasteiger partial charge in [-0.1, -0.05) is 0 Å². The molecule has 1 saturated carbocycles. The van der Waals surface area contributed by atoms with Gasteiger partial charge in [0.15, 0.2) is 0 Å². The number of halogens is 1. The van der Waals surface area contributed by atoms with Gasteiger partial charge in [-0.05, 0) is 18.9 Å². The van der Waals surface area contributed by atoms with Crippen LogP contribution in [0.4, 0.5) is 10.2 Å². The number of ether oxygens (including phenoxy) is 1. The molecule has 2 heterocycles. The number of nitrogens with zero attached hydrogens (tertiary/aromatic N) is 2. The summed E-state index contributed by atoms with van der Waals surface area (Å²) < 4.78 is 18.7. The molecule has 2 aliphatic rings. The van der Waals surface area contributed by atoms with Crippen molar-refractivity contribution in [2.24, 2.45) is 0 Å². The van der Waals surface area contributed by atoms with Gasteiger partial charge in [0.25, 0.3) is 0 Å². The third-order valence-corrected chi connectivity index (χ3v) is 3.38. The van der Waals surface area contributed by atoms with Crippen LogP contribution in [0.2, 0.25) is 0 Å². The lowest BCUT2D eigenvalue weighted by Crippen LogP contribution is -2.37. The van der Waals surface area contributed by atoms with Crippen molar-refractivity contribution >= 4 is 5.82 Å². The van der Waals surface area contributed by atoms with Crippen LogP contribution in [0.1, 0.15) is 18.4 Å². The predicted octanol–water partition coefficient (Wildman–Crippen LogP) is 1.31. The van der Waals surface area contributed by atoms with Gasteiger partial charge in [0.2, 0.25) is 0 Å². The Hall–Kier alpha value is -1.20. The normalized spacial score (nSPS) is 20.2. The monoisotopic (exact) mass is 251 g/mol. The summed E-state index contributed by atoms with van der Waals surface area (Å²) in [5.41, 5.74) is 0.948. The first kappa shape index (κ1) is 11.9. The molecule has 0 bridgehead atoms. The lowest BCUT2D eigenvalue weighted by atomic mass is 10.2. The minimum Gasteiger partial charge on any atom is -0.378 e. The molecule has 0 aromatic carbocycles. The fourth-order valence-electron chi connectivity index (χ4n) is 2.21. The van der Waals surface area contributed by atoms with Crippen molar-refractivity contribution in [2.75, 3.05) is 31.2 Å². The molecule has 1 aromatic rings. The molecule has 18 heavy (non-hydrogen) atoms. The summed E-state index contributed by atoms with van der Waals surface area (Å²) in [7, 11) is 0. The molecule has 1 N–H and O–H groups in total. The molecule has 4 nitrogen and oxygen atoms in total. The summed E-state index contributed by atoms with van der Waals surface area (Å²) in [6, 6.07) is 2.21. The SMILES string of the molecule is Fc1cnc(N2CCOCC2)c(CNC2CC2)c1. The number of nitrogens with one attached hydrogen (secondary N) is 1. The van der Waals surface area contributed by atoms with Crippen LogP contribution in [0.25, 0.3) is 0 Å². The Kier molecular flexibility index (Phi) is 3.43. The molecule has 3 rings (SSSR count). The lowest BCUT2D eigenvalue weighted by molar-refractivity contribution is 0.122. The predicted molar refractivity (Wildman–Crippen MR) is 67.1 cm³/mol. The average Bonchev–Trinajstić information content (AvgIpc) is 3.21. The van der Waals surface area contributed by atoms with Gasteiger partial charge in [0.05, 0.1) is 19.4 Å². The van der Waals surface area contributed by atoms with Crippen LogP contribution in [0, 0.1) is 5.82 Å². The van der Waals surface area contributed by atoms with Crippen molar-refractivity contribution in [3.63, 3.8) is 0 Å². The Morgan fingerprint density at radius 3 is 2.89 bits per heavy atom. The van der Waals surface area contributed by atoms with Crippen LogP contribution in [0.15, 0.2) is 12.3 Å². The number of anilines is 1. The summed E-state index contributed by atoms with van der Waals surface area (Å²) in [6.45, 7) is 3.79.